The molecule has 2 aromatic carbocycles. The summed E-state index contributed by atoms with van der Waals surface area (Å²) in [5, 5.41) is 21.4. The number of rotatable bonds is 10. The standard InChI is InChI=1S/C29H23F8N5O7/c1-14-5-6-16(42(49-26(47)29(35,36)37)22(46)12-48-13-28(32,33)34)9-18(14)23-17-7-8-21(45)41(24-19(30)3-2-4-20(24)31)25(17)40-27(39-23)38-15(10-43)11-44/h2-9,15,43-44H,10-13H2,1H3,(H,38,39,40). The molecule has 2 heterocycles. The zero-order valence-corrected chi connectivity index (χ0v) is 24.8. The zero-order valence-electron chi connectivity index (χ0n) is 24.8. The first-order chi connectivity index (χ1) is 22.9. The summed E-state index contributed by atoms with van der Waals surface area (Å²) in [5.41, 5.74) is -2.97. The third-order valence-corrected chi connectivity index (χ3v) is 6.52. The first kappa shape index (κ1) is 36.6. The lowest BCUT2D eigenvalue weighted by Gasteiger charge is -2.23. The molecule has 0 aliphatic rings. The molecule has 12 nitrogen and oxygen atoms in total. The zero-order chi connectivity index (χ0) is 36.3. The minimum Gasteiger partial charge on any atom is -0.394 e. The molecule has 0 radical (unpaired) electrons. The van der Waals surface area contributed by atoms with Gasteiger partial charge in [0.25, 0.3) is 11.5 Å². The van der Waals surface area contributed by atoms with Gasteiger partial charge in [0.05, 0.1) is 30.6 Å². The fourth-order valence-electron chi connectivity index (χ4n) is 4.32. The van der Waals surface area contributed by atoms with Crippen LogP contribution in [0.2, 0.25) is 0 Å². The molecule has 0 aliphatic heterocycles. The molecule has 4 rings (SSSR count). The topological polar surface area (TPSA) is 156 Å². The number of halogens is 8. The van der Waals surface area contributed by atoms with Crippen molar-refractivity contribution in [1.82, 2.24) is 14.5 Å². The molecule has 0 bridgehead atoms. The monoisotopic (exact) mass is 705 g/mol. The second-order valence-electron chi connectivity index (χ2n) is 10.1. The maximum Gasteiger partial charge on any atom is 0.493 e. The first-order valence-corrected chi connectivity index (χ1v) is 13.7. The number of aliphatic hydroxyl groups is 2. The number of nitrogens with zero attached hydrogens (tertiary/aromatic N) is 4. The van der Waals surface area contributed by atoms with Crippen LogP contribution in [0.3, 0.4) is 0 Å². The number of amides is 1. The Labute approximate surface area is 269 Å². The largest absolute Gasteiger partial charge is 0.493 e. The predicted molar refractivity (Wildman–Crippen MR) is 153 cm³/mol. The van der Waals surface area contributed by atoms with Crippen molar-refractivity contribution in [3.8, 4) is 16.9 Å². The van der Waals surface area contributed by atoms with Crippen molar-refractivity contribution in [2.75, 3.05) is 36.8 Å². The molecule has 20 heteroatoms. The molecule has 0 atom stereocenters. The number of fused-ring (bicyclic) bond motifs is 1. The average Bonchev–Trinajstić information content (AvgIpc) is 3.02. The molecule has 0 saturated carbocycles. The number of aromatic nitrogens is 3. The molecular weight excluding hydrogens is 682 g/mol. The number of para-hydroxylation sites is 1. The summed E-state index contributed by atoms with van der Waals surface area (Å²) in [6.07, 6.45) is -10.6. The highest BCUT2D eigenvalue weighted by Gasteiger charge is 2.44. The Bertz CT molecular complexity index is 1910. The summed E-state index contributed by atoms with van der Waals surface area (Å²) in [6, 6.07) is 6.80. The number of carbonyl (C=O) groups is 2. The van der Waals surface area contributed by atoms with E-state index in [0.717, 1.165) is 42.5 Å². The maximum absolute atomic E-state index is 15.0. The van der Waals surface area contributed by atoms with Crippen LogP contribution in [0.4, 0.5) is 46.8 Å². The van der Waals surface area contributed by atoms with Crippen LogP contribution in [-0.2, 0) is 19.2 Å². The van der Waals surface area contributed by atoms with E-state index in [1.807, 2.05) is 0 Å². The molecule has 0 unspecified atom stereocenters. The first-order valence-electron chi connectivity index (χ1n) is 13.7. The van der Waals surface area contributed by atoms with Gasteiger partial charge in [0, 0.05) is 17.0 Å². The second kappa shape index (κ2) is 14.5. The number of hydrogen-bond acceptors (Lipinski definition) is 10. The summed E-state index contributed by atoms with van der Waals surface area (Å²) < 4.78 is 112. The fraction of sp³-hybridized carbons (Fsp3) is 0.276. The van der Waals surface area contributed by atoms with Crippen molar-refractivity contribution >= 4 is 34.5 Å². The van der Waals surface area contributed by atoms with Gasteiger partial charge >= 0.3 is 18.3 Å². The van der Waals surface area contributed by atoms with Crippen LogP contribution in [0.1, 0.15) is 5.56 Å². The number of hydroxylamine groups is 1. The van der Waals surface area contributed by atoms with Crippen LogP contribution < -0.4 is 15.9 Å². The Hall–Kier alpha value is -5.21. The molecule has 4 aromatic rings. The molecule has 262 valence electrons. The maximum atomic E-state index is 15.0. The quantitative estimate of drug-likeness (QED) is 0.164. The summed E-state index contributed by atoms with van der Waals surface area (Å²) >= 11 is 0. The number of alkyl halides is 6. The predicted octanol–water partition coefficient (Wildman–Crippen LogP) is 3.73. The van der Waals surface area contributed by atoms with E-state index in [0.29, 0.717) is 4.57 Å². The molecular formula is C29H23F8N5O7. The number of ether oxygens (including phenoxy) is 1. The Balaban J connectivity index is 1.97. The Kier molecular flexibility index (Phi) is 10.8. The van der Waals surface area contributed by atoms with Gasteiger partial charge in [-0.05, 0) is 42.8 Å². The molecule has 0 spiro atoms. The second-order valence-corrected chi connectivity index (χ2v) is 10.1. The Morgan fingerprint density at radius 1 is 0.980 bits per heavy atom. The summed E-state index contributed by atoms with van der Waals surface area (Å²) in [6.45, 7) is -3.36. The molecule has 3 N–H and O–H groups in total. The lowest BCUT2D eigenvalue weighted by Crippen LogP contribution is -2.41. The number of pyridine rings is 1. The van der Waals surface area contributed by atoms with Gasteiger partial charge < -0.3 is 25.1 Å². The van der Waals surface area contributed by atoms with Gasteiger partial charge in [-0.15, -0.1) is 5.06 Å². The van der Waals surface area contributed by atoms with Gasteiger partial charge in [-0.1, -0.05) is 12.1 Å². The molecule has 0 saturated heterocycles. The molecule has 0 aliphatic carbocycles. The van der Waals surface area contributed by atoms with Crippen LogP contribution in [0.15, 0.2) is 53.3 Å². The fourth-order valence-corrected chi connectivity index (χ4v) is 4.32. The minimum atomic E-state index is -5.65. The third-order valence-electron chi connectivity index (χ3n) is 6.52. The lowest BCUT2D eigenvalue weighted by molar-refractivity contribution is -0.202. The highest BCUT2D eigenvalue weighted by Crippen LogP contribution is 2.34. The van der Waals surface area contributed by atoms with Crippen molar-refractivity contribution < 1.29 is 64.5 Å². The number of aryl methyl sites for hydroxylation is 1. The molecule has 2 aromatic heterocycles. The Morgan fingerprint density at radius 3 is 2.22 bits per heavy atom. The van der Waals surface area contributed by atoms with Crippen molar-refractivity contribution in [3.63, 3.8) is 0 Å². The van der Waals surface area contributed by atoms with E-state index >= 15 is 0 Å². The smallest absolute Gasteiger partial charge is 0.394 e. The van der Waals surface area contributed by atoms with Crippen LogP contribution >= 0.6 is 0 Å². The number of anilines is 2. The van der Waals surface area contributed by atoms with Gasteiger partial charge in [-0.2, -0.15) is 31.3 Å². The van der Waals surface area contributed by atoms with Crippen molar-refractivity contribution in [3.05, 3.63) is 76.1 Å². The van der Waals surface area contributed by atoms with Crippen LogP contribution in [0.5, 0.6) is 0 Å². The van der Waals surface area contributed by atoms with Crippen LogP contribution in [0.25, 0.3) is 28.0 Å². The van der Waals surface area contributed by atoms with Crippen molar-refractivity contribution in [1.29, 1.82) is 0 Å². The summed E-state index contributed by atoms with van der Waals surface area (Å²) in [5.74, 6) is -7.37. The highest BCUT2D eigenvalue weighted by atomic mass is 19.4. The number of hydrogen-bond donors (Lipinski definition) is 3. The van der Waals surface area contributed by atoms with E-state index in [1.165, 1.54) is 13.0 Å². The lowest BCUT2D eigenvalue weighted by atomic mass is 10.0. The highest BCUT2D eigenvalue weighted by molar-refractivity contribution is 5.97. The Morgan fingerprint density at radius 2 is 1.63 bits per heavy atom. The van der Waals surface area contributed by atoms with Crippen molar-refractivity contribution in [2.24, 2.45) is 0 Å². The average molecular weight is 706 g/mol. The van der Waals surface area contributed by atoms with Crippen LogP contribution in [0, 0.1) is 18.6 Å². The third kappa shape index (κ3) is 8.45. The van der Waals surface area contributed by atoms with E-state index in [1.54, 1.807) is 0 Å². The summed E-state index contributed by atoms with van der Waals surface area (Å²) in [4.78, 5) is 50.2. The minimum absolute atomic E-state index is 0.0891. The molecule has 0 fully saturated rings. The van der Waals surface area contributed by atoms with Gasteiger partial charge in [0.15, 0.2) is 5.65 Å². The molecule has 49 heavy (non-hydrogen) atoms. The molecule has 1 amide bonds. The van der Waals surface area contributed by atoms with E-state index in [2.05, 4.69) is 24.9 Å². The number of nitrogens with one attached hydrogen (secondary N) is 1. The van der Waals surface area contributed by atoms with Gasteiger partial charge in [-0.25, -0.2) is 18.6 Å². The summed E-state index contributed by atoms with van der Waals surface area (Å²) in [7, 11) is 0. The number of aliphatic hydroxyl groups excluding tert-OH is 2. The normalized spacial score (nSPS) is 12.0. The van der Waals surface area contributed by atoms with Gasteiger partial charge in [0.2, 0.25) is 5.95 Å². The van der Waals surface area contributed by atoms with Gasteiger partial charge in [0.1, 0.15) is 30.5 Å². The van der Waals surface area contributed by atoms with E-state index in [9.17, 15) is 59.7 Å². The SMILES string of the molecule is Cc1ccc(N(OC(=O)C(F)(F)F)C(=O)COCC(F)(F)F)cc1-c1nc(NC(CO)CO)nc2c1ccc(=O)n2-c1c(F)cccc1F. The number of carbonyl (C=O) groups excluding carboxylic acids is 2. The van der Waals surface area contributed by atoms with Crippen LogP contribution in [-0.4, -0.2) is 81.4 Å². The van der Waals surface area contributed by atoms with E-state index < -0.39 is 96.9 Å². The van der Waals surface area contributed by atoms with E-state index in [-0.39, 0.29) is 27.3 Å². The van der Waals surface area contributed by atoms with Gasteiger partial charge in [-0.3, -0.25) is 14.2 Å². The number of benzene rings is 2. The van der Waals surface area contributed by atoms with E-state index in [4.69, 9.17) is 0 Å². The van der Waals surface area contributed by atoms with Crippen molar-refractivity contribution in [2.45, 2.75) is 25.3 Å².